The van der Waals surface area contributed by atoms with Gasteiger partial charge in [-0.05, 0) is 13.0 Å². The van der Waals surface area contributed by atoms with Crippen molar-refractivity contribution in [2.45, 2.75) is 39.2 Å². The number of nitrogens with zero attached hydrogens (tertiary/aromatic N) is 3. The summed E-state index contributed by atoms with van der Waals surface area (Å²) in [5.74, 6) is 0.269. The lowest BCUT2D eigenvalue weighted by atomic mass is 10.2. The molecule has 0 unspecified atom stereocenters. The van der Waals surface area contributed by atoms with Gasteiger partial charge in [-0.25, -0.2) is 0 Å². The van der Waals surface area contributed by atoms with E-state index in [4.69, 9.17) is 5.26 Å². The molecular formula is C14H26N4O. The third kappa shape index (κ3) is 6.55. The monoisotopic (exact) mass is 266 g/mol. The van der Waals surface area contributed by atoms with Crippen molar-refractivity contribution in [1.82, 2.24) is 15.1 Å². The summed E-state index contributed by atoms with van der Waals surface area (Å²) in [6.07, 6.45) is 2.12. The number of amides is 1. The van der Waals surface area contributed by atoms with Gasteiger partial charge in [0.1, 0.15) is 0 Å². The maximum Gasteiger partial charge on any atom is 0.222 e. The summed E-state index contributed by atoms with van der Waals surface area (Å²) >= 11 is 0. The summed E-state index contributed by atoms with van der Waals surface area (Å²) in [5, 5.41) is 11.9. The zero-order valence-electron chi connectivity index (χ0n) is 12.2. The standard InChI is InChI=1S/C14H26N4O/c1-13(2)16-7-3-5-14(19)18-11-9-17(10-12-18)8-4-6-15/h13,16H,3-5,7-12H2,1-2H3. The zero-order chi connectivity index (χ0) is 14.1. The molecule has 0 bridgehead atoms. The Labute approximate surface area is 116 Å². The number of carbonyl (C=O) groups excluding carboxylic acids is 1. The van der Waals surface area contributed by atoms with E-state index in [9.17, 15) is 4.79 Å². The maximum absolute atomic E-state index is 12.0. The lowest BCUT2D eigenvalue weighted by molar-refractivity contribution is -0.133. The van der Waals surface area contributed by atoms with E-state index < -0.39 is 0 Å². The van der Waals surface area contributed by atoms with Gasteiger partial charge in [0.15, 0.2) is 0 Å². The van der Waals surface area contributed by atoms with Crippen LogP contribution in [0.1, 0.15) is 33.1 Å². The quantitative estimate of drug-likeness (QED) is 0.693. The number of piperazine rings is 1. The van der Waals surface area contributed by atoms with Gasteiger partial charge in [0.05, 0.1) is 6.07 Å². The summed E-state index contributed by atoms with van der Waals surface area (Å²) < 4.78 is 0. The normalized spacial score (nSPS) is 16.6. The van der Waals surface area contributed by atoms with Crippen LogP contribution < -0.4 is 5.32 Å². The van der Waals surface area contributed by atoms with Crippen LogP contribution in [0, 0.1) is 11.3 Å². The average molecular weight is 266 g/mol. The molecule has 0 aromatic rings. The van der Waals surface area contributed by atoms with Gasteiger partial charge in [0, 0.05) is 51.6 Å². The van der Waals surface area contributed by atoms with E-state index in [1.807, 2.05) is 4.90 Å². The summed E-state index contributed by atoms with van der Waals surface area (Å²) in [7, 11) is 0. The van der Waals surface area contributed by atoms with E-state index in [-0.39, 0.29) is 5.91 Å². The highest BCUT2D eigenvalue weighted by Crippen LogP contribution is 2.05. The second kappa shape index (κ2) is 8.89. The van der Waals surface area contributed by atoms with E-state index in [1.165, 1.54) is 0 Å². The molecule has 108 valence electrons. The largest absolute Gasteiger partial charge is 0.340 e. The van der Waals surface area contributed by atoms with E-state index in [1.54, 1.807) is 0 Å². The topological polar surface area (TPSA) is 59.4 Å². The molecular weight excluding hydrogens is 240 g/mol. The first-order valence-corrected chi connectivity index (χ1v) is 7.24. The molecule has 0 saturated carbocycles. The Morgan fingerprint density at radius 3 is 2.58 bits per heavy atom. The molecule has 1 aliphatic heterocycles. The van der Waals surface area contributed by atoms with Crippen LogP contribution in [0.15, 0.2) is 0 Å². The number of carbonyl (C=O) groups is 1. The van der Waals surface area contributed by atoms with Crippen LogP contribution in [-0.2, 0) is 4.79 Å². The van der Waals surface area contributed by atoms with Crippen LogP contribution in [0.25, 0.3) is 0 Å². The minimum absolute atomic E-state index is 0.269. The predicted octanol–water partition coefficient (Wildman–Crippen LogP) is 0.822. The Morgan fingerprint density at radius 2 is 2.00 bits per heavy atom. The van der Waals surface area contributed by atoms with Crippen molar-refractivity contribution >= 4 is 5.91 Å². The molecule has 1 aliphatic rings. The van der Waals surface area contributed by atoms with Crippen molar-refractivity contribution in [3.05, 3.63) is 0 Å². The third-order valence-electron chi connectivity index (χ3n) is 3.38. The first-order valence-electron chi connectivity index (χ1n) is 7.24. The zero-order valence-corrected chi connectivity index (χ0v) is 12.2. The highest BCUT2D eigenvalue weighted by Gasteiger charge is 2.20. The maximum atomic E-state index is 12.0. The first kappa shape index (κ1) is 15.9. The van der Waals surface area contributed by atoms with Gasteiger partial charge in [-0.2, -0.15) is 5.26 Å². The Kier molecular flexibility index (Phi) is 7.46. The second-order valence-electron chi connectivity index (χ2n) is 5.34. The molecule has 0 spiro atoms. The summed E-state index contributed by atoms with van der Waals surface area (Å²) in [6.45, 7) is 9.38. The molecule has 0 radical (unpaired) electrons. The molecule has 1 heterocycles. The van der Waals surface area contributed by atoms with Gasteiger partial charge in [0.2, 0.25) is 5.91 Å². The number of hydrogen-bond acceptors (Lipinski definition) is 4. The molecule has 19 heavy (non-hydrogen) atoms. The Morgan fingerprint density at radius 1 is 1.32 bits per heavy atom. The van der Waals surface area contributed by atoms with E-state index in [2.05, 4.69) is 30.1 Å². The van der Waals surface area contributed by atoms with Crippen molar-refractivity contribution < 1.29 is 4.79 Å². The number of nitriles is 1. The Hall–Kier alpha value is -1.12. The Bertz CT molecular complexity index is 303. The SMILES string of the molecule is CC(C)NCCCC(=O)N1CCN(CCC#N)CC1. The van der Waals surface area contributed by atoms with Gasteiger partial charge in [-0.15, -0.1) is 0 Å². The fourth-order valence-electron chi connectivity index (χ4n) is 2.22. The third-order valence-corrected chi connectivity index (χ3v) is 3.38. The number of rotatable bonds is 7. The lowest BCUT2D eigenvalue weighted by Crippen LogP contribution is -2.48. The van der Waals surface area contributed by atoms with Crippen LogP contribution in [0.3, 0.4) is 0 Å². The minimum Gasteiger partial charge on any atom is -0.340 e. The van der Waals surface area contributed by atoms with Crippen LogP contribution in [0.5, 0.6) is 0 Å². The van der Waals surface area contributed by atoms with Crippen molar-refractivity contribution in [1.29, 1.82) is 5.26 Å². The molecule has 1 amide bonds. The van der Waals surface area contributed by atoms with Crippen molar-refractivity contribution in [2.75, 3.05) is 39.3 Å². The van der Waals surface area contributed by atoms with Crippen LogP contribution >= 0.6 is 0 Å². The number of nitrogens with one attached hydrogen (secondary N) is 1. The number of hydrogen-bond donors (Lipinski definition) is 1. The van der Waals surface area contributed by atoms with Crippen LogP contribution in [0.4, 0.5) is 0 Å². The smallest absolute Gasteiger partial charge is 0.222 e. The van der Waals surface area contributed by atoms with Crippen molar-refractivity contribution in [2.24, 2.45) is 0 Å². The lowest BCUT2D eigenvalue weighted by Gasteiger charge is -2.34. The summed E-state index contributed by atoms with van der Waals surface area (Å²) in [6, 6.07) is 2.65. The molecule has 5 nitrogen and oxygen atoms in total. The van der Waals surface area contributed by atoms with Crippen molar-refractivity contribution in [3.63, 3.8) is 0 Å². The Balaban J connectivity index is 2.13. The fraction of sp³-hybridized carbons (Fsp3) is 0.857. The molecule has 0 atom stereocenters. The van der Waals surface area contributed by atoms with Gasteiger partial charge in [-0.3, -0.25) is 9.69 Å². The summed E-state index contributed by atoms with van der Waals surface area (Å²) in [4.78, 5) is 16.2. The molecule has 0 aromatic carbocycles. The van der Waals surface area contributed by atoms with E-state index in [0.29, 0.717) is 18.9 Å². The van der Waals surface area contributed by atoms with E-state index >= 15 is 0 Å². The highest BCUT2D eigenvalue weighted by atomic mass is 16.2. The van der Waals surface area contributed by atoms with Gasteiger partial charge in [-0.1, -0.05) is 13.8 Å². The molecule has 1 N–H and O–H groups in total. The minimum atomic E-state index is 0.269. The van der Waals surface area contributed by atoms with Gasteiger partial charge >= 0.3 is 0 Å². The molecule has 0 aromatic heterocycles. The fourth-order valence-corrected chi connectivity index (χ4v) is 2.22. The molecule has 0 aliphatic carbocycles. The van der Waals surface area contributed by atoms with Crippen molar-refractivity contribution in [3.8, 4) is 6.07 Å². The van der Waals surface area contributed by atoms with Crippen LogP contribution in [0.2, 0.25) is 0 Å². The average Bonchev–Trinajstić information content (AvgIpc) is 2.41. The highest BCUT2D eigenvalue weighted by molar-refractivity contribution is 5.76. The molecule has 1 rings (SSSR count). The van der Waals surface area contributed by atoms with E-state index in [0.717, 1.165) is 45.7 Å². The van der Waals surface area contributed by atoms with Crippen LogP contribution in [-0.4, -0.2) is 61.0 Å². The second-order valence-corrected chi connectivity index (χ2v) is 5.34. The van der Waals surface area contributed by atoms with Gasteiger partial charge in [0.25, 0.3) is 0 Å². The molecule has 1 saturated heterocycles. The predicted molar refractivity (Wildman–Crippen MR) is 75.6 cm³/mol. The van der Waals surface area contributed by atoms with Gasteiger partial charge < -0.3 is 10.2 Å². The molecule has 1 fully saturated rings. The summed E-state index contributed by atoms with van der Waals surface area (Å²) in [5.41, 5.74) is 0. The first-order chi connectivity index (χ1) is 9.13. The molecule has 5 heteroatoms.